The lowest BCUT2D eigenvalue weighted by molar-refractivity contribution is -0.143. The Kier molecular flexibility index (Phi) is 6.95. The first-order valence-corrected chi connectivity index (χ1v) is 9.89. The number of nitriles is 1. The second-order valence-electron chi connectivity index (χ2n) is 6.82. The maximum absolute atomic E-state index is 12.8. The summed E-state index contributed by atoms with van der Waals surface area (Å²) in [6.07, 6.45) is 3.50. The zero-order valence-corrected chi connectivity index (χ0v) is 16.4. The number of carbonyl (C=O) groups is 2. The minimum absolute atomic E-state index is 0.00488. The van der Waals surface area contributed by atoms with Crippen LogP contribution < -0.4 is 5.32 Å². The molecule has 1 heterocycles. The second-order valence-corrected chi connectivity index (χ2v) is 8.40. The molecule has 27 heavy (non-hydrogen) atoms. The number of phosphoric acid groups is 1. The first-order valence-electron chi connectivity index (χ1n) is 8.43. The second kappa shape index (κ2) is 8.81. The summed E-state index contributed by atoms with van der Waals surface area (Å²) in [4.78, 5) is 23.6. The lowest BCUT2D eigenvalue weighted by atomic mass is 9.87. The van der Waals surface area contributed by atoms with Gasteiger partial charge in [0.1, 0.15) is 0 Å². The summed E-state index contributed by atoms with van der Waals surface area (Å²) >= 11 is 0. The van der Waals surface area contributed by atoms with E-state index in [2.05, 4.69) is 10.1 Å². The molecule has 0 saturated carbocycles. The molecule has 0 aromatic carbocycles. The van der Waals surface area contributed by atoms with Gasteiger partial charge in [0.15, 0.2) is 6.10 Å². The number of amides is 1. The third kappa shape index (κ3) is 5.75. The number of hydrogen-bond acceptors (Lipinski definition) is 8. The molecule has 0 bridgehead atoms. The van der Waals surface area contributed by atoms with Crippen molar-refractivity contribution in [1.82, 2.24) is 5.32 Å². The number of methoxy groups -OCH3 is 1. The first-order chi connectivity index (χ1) is 12.7. The van der Waals surface area contributed by atoms with Crippen molar-refractivity contribution in [3.63, 3.8) is 0 Å². The Morgan fingerprint density at radius 2 is 2.22 bits per heavy atom. The van der Waals surface area contributed by atoms with Crippen LogP contribution in [0.15, 0.2) is 23.8 Å². The summed E-state index contributed by atoms with van der Waals surface area (Å²) in [6.45, 7) is 3.54. The Morgan fingerprint density at radius 3 is 2.81 bits per heavy atom. The van der Waals surface area contributed by atoms with Gasteiger partial charge in [0.05, 0.1) is 32.3 Å². The van der Waals surface area contributed by atoms with Crippen LogP contribution in [0, 0.1) is 16.7 Å². The minimum Gasteiger partial charge on any atom is -0.469 e. The van der Waals surface area contributed by atoms with Crippen LogP contribution in [0.25, 0.3) is 0 Å². The molecule has 1 amide bonds. The van der Waals surface area contributed by atoms with Crippen LogP contribution in [0.5, 0.6) is 0 Å². The Morgan fingerprint density at radius 1 is 1.48 bits per heavy atom. The summed E-state index contributed by atoms with van der Waals surface area (Å²) in [5, 5.41) is 11.4. The maximum Gasteiger partial charge on any atom is 0.476 e. The van der Waals surface area contributed by atoms with E-state index in [4.69, 9.17) is 18.8 Å². The summed E-state index contributed by atoms with van der Waals surface area (Å²) in [5.74, 6) is -0.966. The van der Waals surface area contributed by atoms with Gasteiger partial charge in [-0.1, -0.05) is 26.0 Å². The first kappa shape index (κ1) is 21.3. The lowest BCUT2D eigenvalue weighted by Gasteiger charge is -2.40. The van der Waals surface area contributed by atoms with Crippen molar-refractivity contribution in [3.05, 3.63) is 23.8 Å². The molecule has 2 unspecified atom stereocenters. The van der Waals surface area contributed by atoms with Gasteiger partial charge in [-0.25, -0.2) is 4.57 Å². The quantitative estimate of drug-likeness (QED) is 0.532. The molecule has 148 valence electrons. The zero-order valence-electron chi connectivity index (χ0n) is 15.5. The van der Waals surface area contributed by atoms with E-state index in [0.717, 1.165) is 0 Å². The maximum atomic E-state index is 12.8. The molecule has 2 aliphatic rings. The van der Waals surface area contributed by atoms with Crippen LogP contribution in [0.1, 0.15) is 26.7 Å². The van der Waals surface area contributed by atoms with Crippen molar-refractivity contribution < 1.29 is 32.5 Å². The number of allylic oxidation sites excluding steroid dienone is 2. The molecule has 0 radical (unpaired) electrons. The Hall–Kier alpha value is -1.98. The fourth-order valence-corrected chi connectivity index (χ4v) is 4.28. The van der Waals surface area contributed by atoms with Crippen molar-refractivity contribution >= 4 is 19.7 Å². The van der Waals surface area contributed by atoms with E-state index in [-0.39, 0.29) is 19.6 Å². The van der Waals surface area contributed by atoms with Gasteiger partial charge in [-0.3, -0.25) is 23.2 Å². The van der Waals surface area contributed by atoms with Crippen LogP contribution in [0.2, 0.25) is 0 Å². The van der Waals surface area contributed by atoms with Crippen molar-refractivity contribution in [2.45, 2.75) is 38.9 Å². The van der Waals surface area contributed by atoms with Crippen molar-refractivity contribution in [2.75, 3.05) is 20.3 Å². The molecule has 1 saturated heterocycles. The average molecular weight is 398 g/mol. The van der Waals surface area contributed by atoms with E-state index >= 15 is 0 Å². The molecule has 2 rings (SSSR count). The van der Waals surface area contributed by atoms with Gasteiger partial charge in [-0.2, -0.15) is 5.26 Å². The molecule has 9 nitrogen and oxygen atoms in total. The molecule has 3 atom stereocenters. The number of nitrogens with zero attached hydrogens (tertiary/aromatic N) is 1. The fourth-order valence-electron chi connectivity index (χ4n) is 2.49. The highest BCUT2D eigenvalue weighted by Gasteiger charge is 2.49. The van der Waals surface area contributed by atoms with E-state index in [0.29, 0.717) is 12.0 Å². The Balaban J connectivity index is 1.99. The summed E-state index contributed by atoms with van der Waals surface area (Å²) in [6, 6.07) is 2.00. The van der Waals surface area contributed by atoms with Gasteiger partial charge in [-0.15, -0.1) is 0 Å². The topological polar surface area (TPSA) is 124 Å². The zero-order chi connectivity index (χ0) is 20.1. The van der Waals surface area contributed by atoms with Crippen LogP contribution in [0.3, 0.4) is 0 Å². The van der Waals surface area contributed by atoms with Gasteiger partial charge in [0.2, 0.25) is 5.91 Å². The van der Waals surface area contributed by atoms with Gasteiger partial charge in [0.25, 0.3) is 0 Å². The van der Waals surface area contributed by atoms with Crippen LogP contribution >= 0.6 is 7.82 Å². The molecular formula is C17H23N2O7P. The van der Waals surface area contributed by atoms with Crippen LogP contribution in [-0.2, 0) is 32.5 Å². The van der Waals surface area contributed by atoms with Crippen molar-refractivity contribution in [3.8, 4) is 6.07 Å². The standard InChI is InChI=1S/C17H23N2O7P/c1-17(2)11-24-27(22,25-13-6-4-12(10-18)5-7-13)26-15(17)16(21)19-9-8-14(20)23-3/h4-6,13,15H,7-9,11H2,1-3H3,(H,19,21)/t13?,15?,27-/m0/s1. The number of rotatable bonds is 6. The molecular weight excluding hydrogens is 375 g/mol. The number of nitrogens with one attached hydrogen (secondary N) is 1. The van der Waals surface area contributed by atoms with Gasteiger partial charge < -0.3 is 10.1 Å². The van der Waals surface area contributed by atoms with Crippen LogP contribution in [-0.4, -0.2) is 44.3 Å². The minimum atomic E-state index is -3.97. The monoisotopic (exact) mass is 398 g/mol. The normalized spacial score (nSPS) is 29.3. The molecule has 1 N–H and O–H groups in total. The van der Waals surface area contributed by atoms with E-state index in [9.17, 15) is 14.2 Å². The van der Waals surface area contributed by atoms with Gasteiger partial charge in [-0.05, 0) is 12.5 Å². The highest BCUT2D eigenvalue weighted by Crippen LogP contribution is 2.58. The molecule has 1 aliphatic carbocycles. The number of esters is 1. The van der Waals surface area contributed by atoms with Crippen molar-refractivity contribution in [1.29, 1.82) is 5.26 Å². The molecule has 0 spiro atoms. The molecule has 0 aromatic heterocycles. The third-order valence-corrected chi connectivity index (χ3v) is 5.53. The number of hydrogen-bond donors (Lipinski definition) is 1. The molecule has 0 aromatic rings. The average Bonchev–Trinajstić information content (AvgIpc) is 2.64. The summed E-state index contributed by atoms with van der Waals surface area (Å²) in [7, 11) is -2.71. The largest absolute Gasteiger partial charge is 0.476 e. The lowest BCUT2D eigenvalue weighted by Crippen LogP contribution is -2.50. The molecule has 1 fully saturated rings. The third-order valence-electron chi connectivity index (χ3n) is 4.09. The van der Waals surface area contributed by atoms with Gasteiger partial charge in [0, 0.05) is 17.5 Å². The Labute approximate surface area is 157 Å². The number of ether oxygens (including phenoxy) is 1. The van der Waals surface area contributed by atoms with E-state index in [1.807, 2.05) is 6.07 Å². The number of phosphoric ester groups is 1. The highest BCUT2D eigenvalue weighted by molar-refractivity contribution is 7.48. The fraction of sp³-hybridized carbons (Fsp3) is 0.588. The highest BCUT2D eigenvalue weighted by atomic mass is 31.2. The Bertz CT molecular complexity index is 738. The van der Waals surface area contributed by atoms with Crippen LogP contribution in [0.4, 0.5) is 0 Å². The SMILES string of the molecule is COC(=O)CCNC(=O)C1O[P@](=O)(OC2C=CC(C#N)=CC2)OCC1(C)C. The molecule has 1 aliphatic heterocycles. The van der Waals surface area contributed by atoms with E-state index < -0.39 is 37.3 Å². The summed E-state index contributed by atoms with van der Waals surface area (Å²) < 4.78 is 33.6. The van der Waals surface area contributed by atoms with Crippen molar-refractivity contribution in [2.24, 2.45) is 5.41 Å². The van der Waals surface area contributed by atoms with Gasteiger partial charge >= 0.3 is 13.8 Å². The molecule has 10 heteroatoms. The summed E-state index contributed by atoms with van der Waals surface area (Å²) in [5.41, 5.74) is -0.259. The predicted octanol–water partition coefficient (Wildman–Crippen LogP) is 2.01. The predicted molar refractivity (Wildman–Crippen MR) is 94.2 cm³/mol. The van der Waals surface area contributed by atoms with E-state index in [1.54, 1.807) is 32.1 Å². The number of carbonyl (C=O) groups excluding carboxylic acids is 2. The van der Waals surface area contributed by atoms with E-state index in [1.165, 1.54) is 7.11 Å². The smallest absolute Gasteiger partial charge is 0.469 e.